The molecular formula is C23H24O7. The lowest BCUT2D eigenvalue weighted by atomic mass is 9.61. The molecule has 7 nitrogen and oxygen atoms in total. The summed E-state index contributed by atoms with van der Waals surface area (Å²) in [5.74, 6) is -3.87. The summed E-state index contributed by atoms with van der Waals surface area (Å²) in [5, 5.41) is 0. The smallest absolute Gasteiger partial charge is 0.341 e. The molecule has 0 heterocycles. The highest BCUT2D eigenvalue weighted by Gasteiger charge is 2.53. The highest BCUT2D eigenvalue weighted by molar-refractivity contribution is 6.42. The number of methoxy groups -OCH3 is 2. The van der Waals surface area contributed by atoms with E-state index in [1.54, 1.807) is 13.8 Å². The van der Waals surface area contributed by atoms with E-state index in [4.69, 9.17) is 9.47 Å². The summed E-state index contributed by atoms with van der Waals surface area (Å²) in [4.78, 5) is 65.2. The summed E-state index contributed by atoms with van der Waals surface area (Å²) in [6.07, 6.45) is 0.878. The Labute approximate surface area is 174 Å². The topological polar surface area (TPSA) is 104 Å². The second-order valence-electron chi connectivity index (χ2n) is 8.08. The largest absolute Gasteiger partial charge is 0.496 e. The van der Waals surface area contributed by atoms with Gasteiger partial charge in [0.25, 0.3) is 0 Å². The minimum atomic E-state index is -1.29. The molecule has 2 aliphatic carbocycles. The van der Waals surface area contributed by atoms with Crippen LogP contribution in [-0.2, 0) is 20.7 Å². The molecule has 1 aromatic rings. The zero-order valence-corrected chi connectivity index (χ0v) is 17.9. The first kappa shape index (κ1) is 21.6. The van der Waals surface area contributed by atoms with Crippen molar-refractivity contribution in [1.29, 1.82) is 0 Å². The van der Waals surface area contributed by atoms with Crippen LogP contribution in [0, 0.1) is 11.3 Å². The number of hydrogen-bond acceptors (Lipinski definition) is 7. The first-order chi connectivity index (χ1) is 14.0. The van der Waals surface area contributed by atoms with Gasteiger partial charge in [0.05, 0.1) is 31.1 Å². The molecule has 0 radical (unpaired) electrons. The van der Waals surface area contributed by atoms with Gasteiger partial charge in [0.2, 0.25) is 0 Å². The fourth-order valence-electron chi connectivity index (χ4n) is 4.46. The van der Waals surface area contributed by atoms with Crippen LogP contribution in [0.4, 0.5) is 0 Å². The van der Waals surface area contributed by atoms with Gasteiger partial charge in [0.15, 0.2) is 23.1 Å². The molecule has 1 atom stereocenters. The Morgan fingerprint density at radius 2 is 1.73 bits per heavy atom. The number of Topliss-reactive ketones (excluding diaryl/α,β-unsaturated/α-hetero) is 4. The van der Waals surface area contributed by atoms with E-state index < -0.39 is 40.4 Å². The van der Waals surface area contributed by atoms with E-state index in [0.717, 1.165) is 0 Å². The molecular weight excluding hydrogens is 388 g/mol. The van der Waals surface area contributed by atoms with E-state index >= 15 is 0 Å². The second-order valence-corrected chi connectivity index (χ2v) is 8.08. The number of carbonyl (C=O) groups excluding carboxylic acids is 5. The number of rotatable bonds is 4. The predicted molar refractivity (Wildman–Crippen MR) is 107 cm³/mol. The van der Waals surface area contributed by atoms with Crippen molar-refractivity contribution in [3.05, 3.63) is 39.5 Å². The summed E-state index contributed by atoms with van der Waals surface area (Å²) in [6, 6.07) is 1.33. The van der Waals surface area contributed by atoms with Crippen LogP contribution in [0.1, 0.15) is 70.8 Å². The fraction of sp³-hybridized carbons (Fsp3) is 0.435. The van der Waals surface area contributed by atoms with Gasteiger partial charge in [0, 0.05) is 16.7 Å². The molecule has 1 unspecified atom stereocenters. The molecule has 1 aromatic carbocycles. The third kappa shape index (κ3) is 2.75. The van der Waals surface area contributed by atoms with Crippen molar-refractivity contribution >= 4 is 29.1 Å². The van der Waals surface area contributed by atoms with Crippen LogP contribution in [0.3, 0.4) is 0 Å². The van der Waals surface area contributed by atoms with Crippen molar-refractivity contribution in [2.24, 2.45) is 11.3 Å². The Balaban J connectivity index is 2.43. The standard InChI is InChI=1S/C23H24O7/c1-7-8-11-14-12(9-13(29-5)15(11)22(28)30-6)19(25)17-16(20(14)26)18(24)10(2)21(27)23(17,3)4/h9-10H,7-8H2,1-6H3. The van der Waals surface area contributed by atoms with Crippen LogP contribution in [0.2, 0.25) is 0 Å². The molecule has 30 heavy (non-hydrogen) atoms. The summed E-state index contributed by atoms with van der Waals surface area (Å²) < 4.78 is 10.2. The maximum absolute atomic E-state index is 13.6. The number of esters is 1. The van der Waals surface area contributed by atoms with Crippen molar-refractivity contribution in [3.8, 4) is 5.75 Å². The Morgan fingerprint density at radius 3 is 2.27 bits per heavy atom. The maximum atomic E-state index is 13.6. The van der Waals surface area contributed by atoms with E-state index in [1.165, 1.54) is 27.2 Å². The summed E-state index contributed by atoms with van der Waals surface area (Å²) in [6.45, 7) is 6.42. The van der Waals surface area contributed by atoms with Gasteiger partial charge in [-0.15, -0.1) is 0 Å². The van der Waals surface area contributed by atoms with Gasteiger partial charge >= 0.3 is 5.97 Å². The van der Waals surface area contributed by atoms with Crippen LogP contribution in [0.5, 0.6) is 5.75 Å². The van der Waals surface area contributed by atoms with Crippen molar-refractivity contribution in [1.82, 2.24) is 0 Å². The van der Waals surface area contributed by atoms with Crippen molar-refractivity contribution in [2.45, 2.75) is 40.5 Å². The number of hydrogen-bond donors (Lipinski definition) is 0. The summed E-state index contributed by atoms with van der Waals surface area (Å²) in [5.41, 5.74) is -1.17. The molecule has 0 spiro atoms. The Bertz CT molecular complexity index is 1060. The summed E-state index contributed by atoms with van der Waals surface area (Å²) >= 11 is 0. The normalized spacial score (nSPS) is 20.1. The Kier molecular flexibility index (Phi) is 5.26. The third-order valence-corrected chi connectivity index (χ3v) is 5.95. The lowest BCUT2D eigenvalue weighted by Crippen LogP contribution is -2.47. The molecule has 158 valence electrons. The number of benzene rings is 1. The van der Waals surface area contributed by atoms with Gasteiger partial charge in [0.1, 0.15) is 11.3 Å². The zero-order chi connectivity index (χ0) is 22.5. The average Bonchev–Trinajstić information content (AvgIpc) is 2.72. The van der Waals surface area contributed by atoms with E-state index in [9.17, 15) is 24.0 Å². The number of ketones is 4. The molecule has 0 saturated carbocycles. The molecule has 0 aliphatic heterocycles. The van der Waals surface area contributed by atoms with Crippen molar-refractivity contribution < 1.29 is 33.4 Å². The lowest BCUT2D eigenvalue weighted by molar-refractivity contribution is -0.136. The molecule has 0 fully saturated rings. The summed E-state index contributed by atoms with van der Waals surface area (Å²) in [7, 11) is 2.56. The van der Waals surface area contributed by atoms with Gasteiger partial charge < -0.3 is 9.47 Å². The van der Waals surface area contributed by atoms with Gasteiger partial charge in [-0.2, -0.15) is 0 Å². The van der Waals surface area contributed by atoms with E-state index in [2.05, 4.69) is 0 Å². The molecule has 0 N–H and O–H groups in total. The Hall–Kier alpha value is -3.09. The minimum absolute atomic E-state index is 0.0208. The monoisotopic (exact) mass is 412 g/mol. The Morgan fingerprint density at radius 1 is 1.10 bits per heavy atom. The average molecular weight is 412 g/mol. The van der Waals surface area contributed by atoms with Crippen LogP contribution < -0.4 is 4.74 Å². The van der Waals surface area contributed by atoms with Gasteiger partial charge in [-0.3, -0.25) is 19.2 Å². The molecule has 0 bridgehead atoms. The van der Waals surface area contributed by atoms with Crippen LogP contribution in [0.15, 0.2) is 17.2 Å². The molecule has 7 heteroatoms. The first-order valence-electron chi connectivity index (χ1n) is 9.79. The first-order valence-corrected chi connectivity index (χ1v) is 9.79. The second kappa shape index (κ2) is 7.31. The zero-order valence-electron chi connectivity index (χ0n) is 17.9. The van der Waals surface area contributed by atoms with Crippen LogP contribution >= 0.6 is 0 Å². The highest BCUT2D eigenvalue weighted by atomic mass is 16.5. The van der Waals surface area contributed by atoms with Crippen molar-refractivity contribution in [2.75, 3.05) is 14.2 Å². The molecule has 0 amide bonds. The van der Waals surface area contributed by atoms with Crippen LogP contribution in [0.25, 0.3) is 0 Å². The number of carbonyl (C=O) groups is 5. The predicted octanol–water partition coefficient (Wildman–Crippen LogP) is 2.92. The minimum Gasteiger partial charge on any atom is -0.496 e. The number of ether oxygens (including phenoxy) is 2. The van der Waals surface area contributed by atoms with E-state index in [1.807, 2.05) is 6.92 Å². The molecule has 0 aromatic heterocycles. The maximum Gasteiger partial charge on any atom is 0.341 e. The van der Waals surface area contributed by atoms with Gasteiger partial charge in [-0.1, -0.05) is 13.3 Å². The lowest BCUT2D eigenvalue weighted by Gasteiger charge is -2.37. The molecule has 0 saturated heterocycles. The number of fused-ring (bicyclic) bond motifs is 1. The molecule has 3 rings (SSSR count). The van der Waals surface area contributed by atoms with Gasteiger partial charge in [-0.05, 0) is 38.8 Å². The fourth-order valence-corrected chi connectivity index (χ4v) is 4.46. The quantitative estimate of drug-likeness (QED) is 0.425. The highest BCUT2D eigenvalue weighted by Crippen LogP contribution is 2.46. The SMILES string of the molecule is CCCc1c(C(=O)OC)c(OC)cc2c1C(=O)C1=C(C2=O)C(C)(C)C(=O)C(C)C1=O. The van der Waals surface area contributed by atoms with E-state index in [-0.39, 0.29) is 33.6 Å². The third-order valence-electron chi connectivity index (χ3n) is 5.95. The number of allylic oxidation sites excluding steroid dienone is 2. The van der Waals surface area contributed by atoms with Gasteiger partial charge in [-0.25, -0.2) is 4.79 Å². The van der Waals surface area contributed by atoms with Crippen molar-refractivity contribution in [3.63, 3.8) is 0 Å². The van der Waals surface area contributed by atoms with Crippen LogP contribution in [-0.4, -0.2) is 43.3 Å². The molecule has 2 aliphatic rings. The van der Waals surface area contributed by atoms with E-state index in [0.29, 0.717) is 18.4 Å².